The van der Waals surface area contributed by atoms with Crippen molar-refractivity contribution in [3.05, 3.63) is 59.7 Å². The van der Waals surface area contributed by atoms with Gasteiger partial charge in [-0.2, -0.15) is 0 Å². The number of carbonyl (C=O) groups excluding carboxylic acids is 1. The summed E-state index contributed by atoms with van der Waals surface area (Å²) in [7, 11) is 0. The van der Waals surface area contributed by atoms with Gasteiger partial charge in [0.25, 0.3) is 5.91 Å². The lowest BCUT2D eigenvalue weighted by atomic mass is 9.95. The summed E-state index contributed by atoms with van der Waals surface area (Å²) in [5.74, 6) is 0.321. The molecule has 2 heterocycles. The van der Waals surface area contributed by atoms with Crippen molar-refractivity contribution in [3.63, 3.8) is 0 Å². The zero-order chi connectivity index (χ0) is 25.1. The van der Waals surface area contributed by atoms with Crippen molar-refractivity contribution < 1.29 is 4.79 Å². The van der Waals surface area contributed by atoms with E-state index in [1.165, 1.54) is 16.2 Å². The van der Waals surface area contributed by atoms with E-state index in [1.54, 1.807) is 6.20 Å². The highest BCUT2D eigenvalue weighted by atomic mass is 32.1. The molecule has 0 aliphatic rings. The van der Waals surface area contributed by atoms with Gasteiger partial charge in [-0.25, -0.2) is 4.98 Å². The summed E-state index contributed by atoms with van der Waals surface area (Å²) in [6, 6.07) is 4.18. The van der Waals surface area contributed by atoms with Crippen LogP contribution in [-0.4, -0.2) is 34.2 Å². The molecule has 2 rings (SSSR count). The smallest absolute Gasteiger partial charge is 0.269 e. The lowest BCUT2D eigenvalue weighted by Gasteiger charge is -2.23. The Hall–Kier alpha value is -2.73. The minimum absolute atomic E-state index is 0.00600. The van der Waals surface area contributed by atoms with E-state index in [2.05, 4.69) is 55.9 Å². The van der Waals surface area contributed by atoms with E-state index >= 15 is 0 Å². The number of pyridine rings is 1. The first-order valence-corrected chi connectivity index (χ1v) is 13.1. The van der Waals surface area contributed by atoms with Crippen molar-refractivity contribution in [3.8, 4) is 0 Å². The molecule has 0 aliphatic carbocycles. The molecule has 2 N–H and O–H groups in total. The summed E-state index contributed by atoms with van der Waals surface area (Å²) in [5, 5.41) is 12.5. The summed E-state index contributed by atoms with van der Waals surface area (Å²) in [6.07, 6.45) is 16.1. The van der Waals surface area contributed by atoms with Gasteiger partial charge in [0, 0.05) is 29.4 Å². The third-order valence-corrected chi connectivity index (χ3v) is 6.99. The molecule has 184 valence electrons. The molecule has 3 unspecified atom stereocenters. The summed E-state index contributed by atoms with van der Waals surface area (Å²) >= 11 is 1.39. The van der Waals surface area contributed by atoms with E-state index in [9.17, 15) is 4.79 Å². The SMILES string of the molecule is C=C(/C=C\C)CCC(CC(C)/C=C\C)Nc1ccnc2sc(C(=O)N(C=N)C(C)CCC)cc12. The van der Waals surface area contributed by atoms with Crippen LogP contribution >= 0.6 is 11.3 Å². The fourth-order valence-electron chi connectivity index (χ4n) is 4.24. The Bertz CT molecular complexity index is 1020. The van der Waals surface area contributed by atoms with E-state index in [0.717, 1.165) is 59.9 Å². The number of thiophene rings is 1. The van der Waals surface area contributed by atoms with Crippen molar-refractivity contribution in [2.24, 2.45) is 5.92 Å². The maximum absolute atomic E-state index is 13.2. The van der Waals surface area contributed by atoms with Crippen LogP contribution in [0, 0.1) is 11.3 Å². The fourth-order valence-corrected chi connectivity index (χ4v) is 5.21. The second-order valence-electron chi connectivity index (χ2n) is 8.94. The van der Waals surface area contributed by atoms with Crippen LogP contribution in [0.3, 0.4) is 0 Å². The monoisotopic (exact) mass is 480 g/mol. The van der Waals surface area contributed by atoms with Gasteiger partial charge in [-0.3, -0.25) is 15.1 Å². The standard InChI is InChI=1S/C28H40N4OS/c1-7-10-20(4)13-14-23(17-21(5)11-8-2)31-25-15-16-30-27-24(25)18-26(34-27)28(33)32(19-29)22(6)12-9-3/h7-8,10-11,15-16,18-19,21-23,29H,4,9,12-14,17H2,1-3,5-6H3,(H,30,31)/b10-7-,11-8-,29-19?. The Labute approximate surface area is 209 Å². The Balaban J connectivity index is 2.31. The van der Waals surface area contributed by atoms with Gasteiger partial charge in [0.2, 0.25) is 0 Å². The zero-order valence-electron chi connectivity index (χ0n) is 21.3. The molecule has 2 aromatic rings. The number of fused-ring (bicyclic) bond motifs is 1. The lowest BCUT2D eigenvalue weighted by molar-refractivity contribution is 0.0816. The normalized spacial score (nSPS) is 14.4. The molecule has 0 fully saturated rings. The molecule has 0 saturated carbocycles. The predicted octanol–water partition coefficient (Wildman–Crippen LogP) is 7.83. The number of hydrogen-bond acceptors (Lipinski definition) is 5. The van der Waals surface area contributed by atoms with Crippen LogP contribution in [-0.2, 0) is 0 Å². The molecule has 34 heavy (non-hydrogen) atoms. The van der Waals surface area contributed by atoms with Gasteiger partial charge >= 0.3 is 0 Å². The molecule has 0 saturated heterocycles. The van der Waals surface area contributed by atoms with Gasteiger partial charge < -0.3 is 5.32 Å². The van der Waals surface area contributed by atoms with Crippen molar-refractivity contribution >= 4 is 39.5 Å². The van der Waals surface area contributed by atoms with Gasteiger partial charge in [-0.15, -0.1) is 11.3 Å². The first-order valence-electron chi connectivity index (χ1n) is 12.3. The zero-order valence-corrected chi connectivity index (χ0v) is 22.1. The number of carbonyl (C=O) groups is 1. The molecule has 0 aliphatic heterocycles. The van der Waals surface area contributed by atoms with Gasteiger partial charge in [0.1, 0.15) is 4.83 Å². The molecule has 0 bridgehead atoms. The topological polar surface area (TPSA) is 69.1 Å². The van der Waals surface area contributed by atoms with Crippen LogP contribution in [0.5, 0.6) is 0 Å². The van der Waals surface area contributed by atoms with E-state index < -0.39 is 0 Å². The third-order valence-electron chi connectivity index (χ3n) is 5.95. The largest absolute Gasteiger partial charge is 0.382 e. The number of amides is 1. The maximum Gasteiger partial charge on any atom is 0.269 e. The first kappa shape index (κ1) is 27.5. The molecule has 0 radical (unpaired) electrons. The minimum atomic E-state index is -0.134. The van der Waals surface area contributed by atoms with Crippen LogP contribution in [0.25, 0.3) is 10.2 Å². The van der Waals surface area contributed by atoms with Crippen LogP contribution in [0.15, 0.2) is 54.8 Å². The highest BCUT2D eigenvalue weighted by Gasteiger charge is 2.23. The molecule has 5 nitrogen and oxygen atoms in total. The number of hydrogen-bond donors (Lipinski definition) is 2. The van der Waals surface area contributed by atoms with Gasteiger partial charge in [0.15, 0.2) is 0 Å². The van der Waals surface area contributed by atoms with E-state index in [4.69, 9.17) is 5.41 Å². The highest BCUT2D eigenvalue weighted by molar-refractivity contribution is 7.20. The van der Waals surface area contributed by atoms with Crippen molar-refractivity contribution in [1.29, 1.82) is 5.41 Å². The van der Waals surface area contributed by atoms with Crippen molar-refractivity contribution in [2.45, 2.75) is 78.8 Å². The van der Waals surface area contributed by atoms with Gasteiger partial charge in [-0.1, -0.05) is 56.7 Å². The fraction of sp³-hybridized carbons (Fsp3) is 0.464. The number of aromatic nitrogens is 1. The van der Waals surface area contributed by atoms with E-state index in [1.807, 2.05) is 32.1 Å². The Morgan fingerprint density at radius 3 is 2.71 bits per heavy atom. The summed E-state index contributed by atoms with van der Waals surface area (Å²) in [5.41, 5.74) is 2.13. The van der Waals surface area contributed by atoms with Gasteiger partial charge in [0.05, 0.1) is 11.2 Å². The number of nitrogens with one attached hydrogen (secondary N) is 2. The number of anilines is 1. The molecule has 3 atom stereocenters. The quantitative estimate of drug-likeness (QED) is 0.125. The Morgan fingerprint density at radius 1 is 1.29 bits per heavy atom. The summed E-state index contributed by atoms with van der Waals surface area (Å²) < 4.78 is 0. The predicted molar refractivity (Wildman–Crippen MR) is 148 cm³/mol. The summed E-state index contributed by atoms with van der Waals surface area (Å²) in [4.78, 5) is 20.7. The van der Waals surface area contributed by atoms with Crippen LogP contribution in [0.1, 0.15) is 76.4 Å². The molecule has 6 heteroatoms. The van der Waals surface area contributed by atoms with Crippen molar-refractivity contribution in [2.75, 3.05) is 5.32 Å². The molecule has 0 spiro atoms. The number of rotatable bonds is 14. The van der Waals surface area contributed by atoms with Gasteiger partial charge in [-0.05, 0) is 64.5 Å². The van der Waals surface area contributed by atoms with Crippen LogP contribution in [0.2, 0.25) is 0 Å². The average Bonchev–Trinajstić information content (AvgIpc) is 3.24. The number of nitrogens with zero attached hydrogens (tertiary/aromatic N) is 2. The molecule has 2 aromatic heterocycles. The molecular weight excluding hydrogens is 440 g/mol. The third kappa shape index (κ3) is 7.66. The first-order chi connectivity index (χ1) is 16.3. The van der Waals surface area contributed by atoms with E-state index in [-0.39, 0.29) is 18.0 Å². The Morgan fingerprint density at radius 2 is 2.06 bits per heavy atom. The minimum Gasteiger partial charge on any atom is -0.382 e. The number of allylic oxidation sites excluding steroid dienone is 5. The average molecular weight is 481 g/mol. The molecule has 0 aromatic carbocycles. The van der Waals surface area contributed by atoms with Crippen LogP contribution in [0.4, 0.5) is 5.69 Å². The maximum atomic E-state index is 13.2. The molecular formula is C28H40N4OS. The van der Waals surface area contributed by atoms with Crippen LogP contribution < -0.4 is 5.32 Å². The molecule has 1 amide bonds. The lowest BCUT2D eigenvalue weighted by Crippen LogP contribution is -2.36. The second-order valence-corrected chi connectivity index (χ2v) is 9.97. The van der Waals surface area contributed by atoms with Crippen molar-refractivity contribution in [1.82, 2.24) is 9.88 Å². The second kappa shape index (κ2) is 13.9. The Kier molecular flexibility index (Phi) is 11.2. The highest BCUT2D eigenvalue weighted by Crippen LogP contribution is 2.32. The van der Waals surface area contributed by atoms with E-state index in [0.29, 0.717) is 10.8 Å². The summed E-state index contributed by atoms with van der Waals surface area (Å²) in [6.45, 7) is 14.6.